The van der Waals surface area contributed by atoms with Gasteiger partial charge in [0, 0.05) is 24.7 Å². The lowest BCUT2D eigenvalue weighted by Gasteiger charge is -2.46. The summed E-state index contributed by atoms with van der Waals surface area (Å²) in [4.78, 5) is 2.78. The summed E-state index contributed by atoms with van der Waals surface area (Å²) in [5.41, 5.74) is 0.355. The van der Waals surface area contributed by atoms with E-state index in [4.69, 9.17) is 0 Å². The summed E-state index contributed by atoms with van der Waals surface area (Å²) in [7, 11) is 0. The van der Waals surface area contributed by atoms with Gasteiger partial charge in [0.2, 0.25) is 0 Å². The fraction of sp³-hybridized carbons (Fsp3) is 1.00. The summed E-state index contributed by atoms with van der Waals surface area (Å²) in [6.45, 7) is 10.8. The highest BCUT2D eigenvalue weighted by Gasteiger charge is 2.34. The molecule has 1 heterocycles. The molecule has 0 aromatic rings. The van der Waals surface area contributed by atoms with Crippen LogP contribution in [0, 0.1) is 5.92 Å². The summed E-state index contributed by atoms with van der Waals surface area (Å²) in [5, 5.41) is 3.77. The lowest BCUT2D eigenvalue weighted by atomic mass is 9.92. The van der Waals surface area contributed by atoms with Gasteiger partial charge in [0.1, 0.15) is 0 Å². The van der Waals surface area contributed by atoms with Crippen molar-refractivity contribution in [3.8, 4) is 0 Å². The van der Waals surface area contributed by atoms with Crippen LogP contribution in [0.1, 0.15) is 59.3 Å². The maximum atomic E-state index is 3.77. The minimum absolute atomic E-state index is 0.355. The van der Waals surface area contributed by atoms with E-state index in [9.17, 15) is 0 Å². The molecule has 17 heavy (non-hydrogen) atoms. The van der Waals surface area contributed by atoms with E-state index in [0.29, 0.717) is 5.54 Å². The van der Waals surface area contributed by atoms with Crippen molar-refractivity contribution < 1.29 is 0 Å². The summed E-state index contributed by atoms with van der Waals surface area (Å²) in [6, 6.07) is 0.790. The Morgan fingerprint density at radius 1 is 1.24 bits per heavy atom. The molecule has 1 aliphatic heterocycles. The van der Waals surface area contributed by atoms with Crippen molar-refractivity contribution in [2.75, 3.05) is 19.6 Å². The lowest BCUT2D eigenvalue weighted by molar-refractivity contribution is 0.0767. The molecule has 2 heteroatoms. The Morgan fingerprint density at radius 2 is 2.00 bits per heavy atom. The van der Waals surface area contributed by atoms with Crippen LogP contribution in [0.4, 0.5) is 0 Å². The van der Waals surface area contributed by atoms with E-state index in [1.807, 2.05) is 0 Å². The SMILES string of the molecule is CCCC1CNC(C)(CC)CN1CCC1CC1. The first-order valence-electron chi connectivity index (χ1n) is 7.66. The molecule has 2 unspecified atom stereocenters. The number of nitrogens with one attached hydrogen (secondary N) is 1. The molecule has 0 bridgehead atoms. The highest BCUT2D eigenvalue weighted by molar-refractivity contribution is 4.94. The van der Waals surface area contributed by atoms with E-state index in [0.717, 1.165) is 12.0 Å². The molecule has 1 saturated heterocycles. The third-order valence-corrected chi connectivity index (χ3v) is 4.76. The summed E-state index contributed by atoms with van der Waals surface area (Å²) < 4.78 is 0. The predicted octanol–water partition coefficient (Wildman–Crippen LogP) is 3.03. The van der Waals surface area contributed by atoms with Gasteiger partial charge in [-0.05, 0) is 38.6 Å². The Hall–Kier alpha value is -0.0800. The first kappa shape index (κ1) is 13.4. The monoisotopic (exact) mass is 238 g/mol. The number of hydrogen-bond donors (Lipinski definition) is 1. The maximum Gasteiger partial charge on any atom is 0.0278 e. The van der Waals surface area contributed by atoms with Crippen molar-refractivity contribution in [3.63, 3.8) is 0 Å². The van der Waals surface area contributed by atoms with Gasteiger partial charge in [-0.2, -0.15) is 0 Å². The molecule has 0 aromatic heterocycles. The molecule has 0 amide bonds. The zero-order chi connectivity index (χ0) is 12.3. The van der Waals surface area contributed by atoms with Gasteiger partial charge in [-0.1, -0.05) is 33.1 Å². The standard InChI is InChI=1S/C15H30N2/c1-4-6-14-11-16-15(3,5-2)12-17(14)10-9-13-7-8-13/h13-14,16H,4-12H2,1-3H3. The lowest BCUT2D eigenvalue weighted by Crippen LogP contribution is -2.62. The van der Waals surface area contributed by atoms with E-state index in [-0.39, 0.29) is 0 Å². The molecule has 0 aromatic carbocycles. The van der Waals surface area contributed by atoms with Gasteiger partial charge >= 0.3 is 0 Å². The molecule has 100 valence electrons. The van der Waals surface area contributed by atoms with Gasteiger partial charge in [-0.3, -0.25) is 4.90 Å². The van der Waals surface area contributed by atoms with Crippen molar-refractivity contribution in [1.82, 2.24) is 10.2 Å². The largest absolute Gasteiger partial charge is 0.309 e. The third kappa shape index (κ3) is 3.69. The molecule has 2 atom stereocenters. The topological polar surface area (TPSA) is 15.3 Å². The molecule has 2 fully saturated rings. The van der Waals surface area contributed by atoms with Gasteiger partial charge in [0.05, 0.1) is 0 Å². The van der Waals surface area contributed by atoms with Crippen LogP contribution in [-0.2, 0) is 0 Å². The fourth-order valence-corrected chi connectivity index (χ4v) is 3.00. The molecule has 2 rings (SSSR count). The van der Waals surface area contributed by atoms with E-state index in [1.54, 1.807) is 0 Å². The average Bonchev–Trinajstić information content (AvgIpc) is 3.14. The quantitative estimate of drug-likeness (QED) is 0.765. The Labute approximate surface area is 107 Å². The number of piperazine rings is 1. The van der Waals surface area contributed by atoms with Crippen LogP contribution in [0.3, 0.4) is 0 Å². The summed E-state index contributed by atoms with van der Waals surface area (Å²) >= 11 is 0. The Kier molecular flexibility index (Phi) is 4.48. The highest BCUT2D eigenvalue weighted by Crippen LogP contribution is 2.33. The highest BCUT2D eigenvalue weighted by atomic mass is 15.2. The normalized spacial score (nSPS) is 35.1. The zero-order valence-electron chi connectivity index (χ0n) is 12.0. The van der Waals surface area contributed by atoms with Crippen molar-refractivity contribution in [2.45, 2.75) is 70.9 Å². The van der Waals surface area contributed by atoms with Crippen LogP contribution < -0.4 is 5.32 Å². The average molecular weight is 238 g/mol. The second kappa shape index (κ2) is 5.71. The first-order valence-corrected chi connectivity index (χ1v) is 7.66. The van der Waals surface area contributed by atoms with E-state index in [2.05, 4.69) is 31.0 Å². The van der Waals surface area contributed by atoms with Crippen LogP contribution in [0.15, 0.2) is 0 Å². The van der Waals surface area contributed by atoms with E-state index < -0.39 is 0 Å². The van der Waals surface area contributed by atoms with Crippen molar-refractivity contribution >= 4 is 0 Å². The van der Waals surface area contributed by atoms with Crippen molar-refractivity contribution in [2.24, 2.45) is 5.92 Å². The molecule has 0 radical (unpaired) electrons. The molecule has 2 nitrogen and oxygen atoms in total. The maximum absolute atomic E-state index is 3.77. The third-order valence-electron chi connectivity index (χ3n) is 4.76. The molecule has 0 spiro atoms. The Bertz CT molecular complexity index is 237. The minimum Gasteiger partial charge on any atom is -0.309 e. The first-order chi connectivity index (χ1) is 8.17. The fourth-order valence-electron chi connectivity index (χ4n) is 3.00. The Balaban J connectivity index is 1.88. The smallest absolute Gasteiger partial charge is 0.0278 e. The van der Waals surface area contributed by atoms with Gasteiger partial charge in [-0.25, -0.2) is 0 Å². The van der Waals surface area contributed by atoms with Crippen LogP contribution in [0.25, 0.3) is 0 Å². The van der Waals surface area contributed by atoms with E-state index >= 15 is 0 Å². The van der Waals surface area contributed by atoms with Crippen LogP contribution >= 0.6 is 0 Å². The summed E-state index contributed by atoms with van der Waals surface area (Å²) in [6.07, 6.45) is 8.35. The number of nitrogens with zero attached hydrogens (tertiary/aromatic N) is 1. The number of hydrogen-bond acceptors (Lipinski definition) is 2. The zero-order valence-corrected chi connectivity index (χ0v) is 12.0. The van der Waals surface area contributed by atoms with E-state index in [1.165, 1.54) is 58.2 Å². The van der Waals surface area contributed by atoms with Crippen LogP contribution in [0.5, 0.6) is 0 Å². The Morgan fingerprint density at radius 3 is 2.59 bits per heavy atom. The molecular weight excluding hydrogens is 208 g/mol. The van der Waals surface area contributed by atoms with Crippen molar-refractivity contribution in [1.29, 1.82) is 0 Å². The summed E-state index contributed by atoms with van der Waals surface area (Å²) in [5.74, 6) is 1.07. The van der Waals surface area contributed by atoms with Crippen molar-refractivity contribution in [3.05, 3.63) is 0 Å². The van der Waals surface area contributed by atoms with Gasteiger partial charge in [-0.15, -0.1) is 0 Å². The predicted molar refractivity (Wildman–Crippen MR) is 74.3 cm³/mol. The molecule has 1 aliphatic carbocycles. The number of rotatable bonds is 6. The molecule has 1 saturated carbocycles. The molecular formula is C15H30N2. The van der Waals surface area contributed by atoms with Gasteiger partial charge < -0.3 is 5.32 Å². The molecule has 2 aliphatic rings. The second-order valence-electron chi connectivity index (χ2n) is 6.44. The minimum atomic E-state index is 0.355. The van der Waals surface area contributed by atoms with Crippen LogP contribution in [0.2, 0.25) is 0 Å². The second-order valence-corrected chi connectivity index (χ2v) is 6.44. The van der Waals surface area contributed by atoms with Gasteiger partial charge in [0.15, 0.2) is 0 Å². The molecule has 1 N–H and O–H groups in total. The van der Waals surface area contributed by atoms with Crippen LogP contribution in [-0.4, -0.2) is 36.1 Å². The van der Waals surface area contributed by atoms with Gasteiger partial charge in [0.25, 0.3) is 0 Å².